The topological polar surface area (TPSA) is 123 Å². The summed E-state index contributed by atoms with van der Waals surface area (Å²) < 4.78 is 7.52. The van der Waals surface area contributed by atoms with Crippen molar-refractivity contribution in [2.75, 3.05) is 13.2 Å². The first-order chi connectivity index (χ1) is 17.0. The average Bonchev–Trinajstić information content (AvgIpc) is 3.27. The van der Waals surface area contributed by atoms with Gasteiger partial charge in [-0.1, -0.05) is 32.8 Å². The van der Waals surface area contributed by atoms with E-state index in [1.54, 1.807) is 26.1 Å². The third kappa shape index (κ3) is 5.76. The van der Waals surface area contributed by atoms with Crippen molar-refractivity contribution in [1.82, 2.24) is 20.4 Å². The van der Waals surface area contributed by atoms with Gasteiger partial charge in [-0.2, -0.15) is 5.10 Å². The van der Waals surface area contributed by atoms with E-state index in [-0.39, 0.29) is 17.9 Å². The highest BCUT2D eigenvalue weighted by atomic mass is 16.5. The summed E-state index contributed by atoms with van der Waals surface area (Å²) in [7, 11) is 0. The molecule has 36 heavy (non-hydrogen) atoms. The molecule has 1 aromatic rings. The SMILES string of the molecule is CC(C)COc1c(C(=O)NC2C3CC4CCCC2C(C4)C3)cnn1/C=C/C(C)(C)C(=O)NCC(=O)O. The number of fused-ring (bicyclic) bond motifs is 2. The Morgan fingerprint density at radius 1 is 1.22 bits per heavy atom. The van der Waals surface area contributed by atoms with Crippen molar-refractivity contribution in [2.24, 2.45) is 35.0 Å². The average molecular weight is 501 g/mol. The monoisotopic (exact) mass is 500 g/mol. The highest BCUT2D eigenvalue weighted by Gasteiger charge is 2.49. The first kappa shape index (κ1) is 26.2. The zero-order chi connectivity index (χ0) is 26.0. The second-order valence-corrected chi connectivity index (χ2v) is 11.8. The molecule has 0 spiro atoms. The number of ether oxygens (including phenoxy) is 1. The summed E-state index contributed by atoms with van der Waals surface area (Å²) in [5, 5.41) is 19.0. The van der Waals surface area contributed by atoms with E-state index in [4.69, 9.17) is 9.84 Å². The zero-order valence-corrected chi connectivity index (χ0v) is 21.8. The minimum Gasteiger partial charge on any atom is -0.480 e. The number of hydrogen-bond donors (Lipinski definition) is 3. The van der Waals surface area contributed by atoms with Crippen LogP contribution in [0, 0.1) is 35.0 Å². The van der Waals surface area contributed by atoms with Gasteiger partial charge in [0.05, 0.1) is 18.2 Å². The van der Waals surface area contributed by atoms with E-state index < -0.39 is 23.8 Å². The van der Waals surface area contributed by atoms with Crippen LogP contribution < -0.4 is 15.4 Å². The van der Waals surface area contributed by atoms with Gasteiger partial charge < -0.3 is 20.5 Å². The smallest absolute Gasteiger partial charge is 0.322 e. The first-order valence-corrected chi connectivity index (χ1v) is 13.3. The quantitative estimate of drug-likeness (QED) is 0.452. The Hall–Kier alpha value is -2.84. The lowest BCUT2D eigenvalue weighted by atomic mass is 9.79. The van der Waals surface area contributed by atoms with Gasteiger partial charge in [-0.05, 0) is 69.1 Å². The predicted octanol–water partition coefficient (Wildman–Crippen LogP) is 3.56. The van der Waals surface area contributed by atoms with E-state index in [1.165, 1.54) is 49.4 Å². The fraction of sp³-hybridized carbons (Fsp3) is 0.704. The molecule has 9 nitrogen and oxygen atoms in total. The molecule has 3 saturated carbocycles. The Bertz CT molecular complexity index is 1010. The lowest BCUT2D eigenvalue weighted by Crippen LogP contribution is -2.42. The molecular formula is C27H40N4O5. The third-order valence-electron chi connectivity index (χ3n) is 8.07. The van der Waals surface area contributed by atoms with E-state index in [9.17, 15) is 14.4 Å². The summed E-state index contributed by atoms with van der Waals surface area (Å²) in [6.45, 7) is 7.40. The van der Waals surface area contributed by atoms with Crippen molar-refractivity contribution >= 4 is 24.0 Å². The van der Waals surface area contributed by atoms with Crippen LogP contribution in [0.25, 0.3) is 6.20 Å². The maximum atomic E-state index is 13.5. The van der Waals surface area contributed by atoms with Gasteiger partial charge in [-0.15, -0.1) is 0 Å². The number of hydrogen-bond acceptors (Lipinski definition) is 5. The van der Waals surface area contributed by atoms with Crippen LogP contribution in [-0.4, -0.2) is 51.9 Å². The molecule has 3 fully saturated rings. The molecule has 4 rings (SSSR count). The predicted molar refractivity (Wildman–Crippen MR) is 135 cm³/mol. The van der Waals surface area contributed by atoms with Crippen molar-refractivity contribution in [3.05, 3.63) is 17.8 Å². The number of nitrogens with one attached hydrogen (secondary N) is 2. The Balaban J connectivity index is 1.52. The Morgan fingerprint density at radius 2 is 1.97 bits per heavy atom. The van der Waals surface area contributed by atoms with Crippen LogP contribution in [0.5, 0.6) is 5.88 Å². The highest BCUT2D eigenvalue weighted by Crippen LogP contribution is 2.53. The summed E-state index contributed by atoms with van der Waals surface area (Å²) in [5.74, 6) is 1.58. The molecule has 0 saturated heterocycles. The summed E-state index contributed by atoms with van der Waals surface area (Å²) in [6.07, 6.45) is 12.3. The minimum atomic E-state index is -1.11. The molecule has 3 aliphatic carbocycles. The van der Waals surface area contributed by atoms with Crippen LogP contribution in [0.3, 0.4) is 0 Å². The molecule has 5 unspecified atom stereocenters. The lowest BCUT2D eigenvalue weighted by molar-refractivity contribution is -0.139. The number of nitrogens with zero attached hydrogens (tertiary/aromatic N) is 2. The molecule has 0 aliphatic heterocycles. The summed E-state index contributed by atoms with van der Waals surface area (Å²) >= 11 is 0. The molecule has 0 aromatic carbocycles. The van der Waals surface area contributed by atoms with Crippen molar-refractivity contribution in [1.29, 1.82) is 0 Å². The molecule has 3 N–H and O–H groups in total. The standard InChI is InChI=1S/C27H40N4O5/c1-16(2)15-36-25-21(13-29-31(25)9-8-27(3,4)26(35)28-14-22(32)33)24(34)30-23-19-11-17-6-5-7-20(23)18(10-17)12-19/h8-9,13,16-20,23H,5-7,10-12,14-15H2,1-4H3,(H,28,35)(H,30,34)(H,32,33)/b9-8+. The Morgan fingerprint density at radius 3 is 2.69 bits per heavy atom. The van der Waals surface area contributed by atoms with E-state index in [1.807, 2.05) is 13.8 Å². The van der Waals surface area contributed by atoms with Crippen molar-refractivity contribution in [2.45, 2.75) is 72.3 Å². The number of carboxylic acid groups (broad SMARTS) is 1. The van der Waals surface area contributed by atoms with Crippen LogP contribution in [0.4, 0.5) is 0 Å². The number of carbonyl (C=O) groups excluding carboxylic acids is 2. The second-order valence-electron chi connectivity index (χ2n) is 11.8. The highest BCUT2D eigenvalue weighted by molar-refractivity contribution is 5.96. The maximum Gasteiger partial charge on any atom is 0.322 e. The van der Waals surface area contributed by atoms with Crippen molar-refractivity contribution in [3.8, 4) is 5.88 Å². The third-order valence-corrected chi connectivity index (χ3v) is 8.07. The number of aliphatic carboxylic acids is 1. The number of aromatic nitrogens is 2. The summed E-state index contributed by atoms with van der Waals surface area (Å²) in [6, 6.07) is 0.210. The fourth-order valence-corrected chi connectivity index (χ4v) is 6.29. The molecule has 198 valence electrons. The molecule has 0 radical (unpaired) electrons. The lowest BCUT2D eigenvalue weighted by Gasteiger charge is -2.30. The normalized spacial score (nSPS) is 27.3. The summed E-state index contributed by atoms with van der Waals surface area (Å²) in [5.41, 5.74) is -0.597. The van der Waals surface area contributed by atoms with Crippen LogP contribution in [0.1, 0.15) is 76.6 Å². The van der Waals surface area contributed by atoms with Crippen molar-refractivity contribution in [3.63, 3.8) is 0 Å². The van der Waals surface area contributed by atoms with Gasteiger partial charge in [0.2, 0.25) is 11.8 Å². The minimum absolute atomic E-state index is 0.161. The van der Waals surface area contributed by atoms with E-state index in [0.29, 0.717) is 29.9 Å². The van der Waals surface area contributed by atoms with Gasteiger partial charge in [0, 0.05) is 12.2 Å². The fourth-order valence-electron chi connectivity index (χ4n) is 6.29. The first-order valence-electron chi connectivity index (χ1n) is 13.3. The molecular weight excluding hydrogens is 460 g/mol. The Kier molecular flexibility index (Phi) is 7.76. The second kappa shape index (κ2) is 10.6. The van der Waals surface area contributed by atoms with E-state index in [2.05, 4.69) is 15.7 Å². The van der Waals surface area contributed by atoms with Crippen LogP contribution >= 0.6 is 0 Å². The summed E-state index contributed by atoms with van der Waals surface area (Å²) in [4.78, 5) is 36.7. The van der Waals surface area contributed by atoms with E-state index in [0.717, 1.165) is 11.8 Å². The number of rotatable bonds is 10. The maximum absolute atomic E-state index is 13.5. The molecule has 1 aromatic heterocycles. The van der Waals surface area contributed by atoms with Gasteiger partial charge in [-0.25, -0.2) is 4.68 Å². The number of amides is 2. The number of carbonyl (C=O) groups is 3. The van der Waals surface area contributed by atoms with Crippen molar-refractivity contribution < 1.29 is 24.2 Å². The van der Waals surface area contributed by atoms with Gasteiger partial charge >= 0.3 is 5.97 Å². The van der Waals surface area contributed by atoms with Crippen LogP contribution in [0.15, 0.2) is 12.3 Å². The van der Waals surface area contributed by atoms with E-state index >= 15 is 0 Å². The molecule has 2 amide bonds. The Labute approximate surface area is 213 Å². The van der Waals surface area contributed by atoms with Crippen LogP contribution in [-0.2, 0) is 9.59 Å². The molecule has 9 heteroatoms. The van der Waals surface area contributed by atoms with Gasteiger partial charge in [0.1, 0.15) is 12.1 Å². The van der Waals surface area contributed by atoms with Gasteiger partial charge in [0.15, 0.2) is 0 Å². The number of carboxylic acids is 1. The molecule has 5 atom stereocenters. The molecule has 3 bridgehead atoms. The van der Waals surface area contributed by atoms with Crippen LogP contribution in [0.2, 0.25) is 0 Å². The molecule has 3 aliphatic rings. The zero-order valence-electron chi connectivity index (χ0n) is 21.8. The molecule has 1 heterocycles. The largest absolute Gasteiger partial charge is 0.480 e. The van der Waals surface area contributed by atoms with Gasteiger partial charge in [0.25, 0.3) is 5.91 Å². The van der Waals surface area contributed by atoms with Gasteiger partial charge in [-0.3, -0.25) is 14.4 Å².